The Kier molecular flexibility index (Phi) is 4.89. The van der Waals surface area contributed by atoms with E-state index in [0.717, 1.165) is 0 Å². The number of rotatable bonds is 3. The molecule has 6 heteroatoms. The lowest BCUT2D eigenvalue weighted by Crippen LogP contribution is -2.55. The van der Waals surface area contributed by atoms with Gasteiger partial charge < -0.3 is 20.1 Å². The Balaban J connectivity index is 2.59. The predicted molar refractivity (Wildman–Crippen MR) is 61.2 cm³/mol. The SMILES string of the molecule is CCOC(=O)C(N)C(=O)N1CC(C)OC(C)C1. The molecule has 1 fully saturated rings. The van der Waals surface area contributed by atoms with Crippen LogP contribution in [0.2, 0.25) is 0 Å². The van der Waals surface area contributed by atoms with E-state index in [2.05, 4.69) is 0 Å². The van der Waals surface area contributed by atoms with E-state index >= 15 is 0 Å². The van der Waals surface area contributed by atoms with Crippen LogP contribution < -0.4 is 5.73 Å². The molecule has 1 rings (SSSR count). The minimum atomic E-state index is -1.23. The molecule has 3 unspecified atom stereocenters. The van der Waals surface area contributed by atoms with E-state index in [1.54, 1.807) is 11.8 Å². The fraction of sp³-hybridized carbons (Fsp3) is 0.818. The molecule has 17 heavy (non-hydrogen) atoms. The number of carbonyl (C=O) groups excluding carboxylic acids is 2. The molecule has 6 nitrogen and oxygen atoms in total. The van der Waals surface area contributed by atoms with Crippen molar-refractivity contribution in [2.24, 2.45) is 5.73 Å². The molecule has 1 heterocycles. The molecular weight excluding hydrogens is 224 g/mol. The maximum Gasteiger partial charge on any atom is 0.332 e. The second-order valence-corrected chi connectivity index (χ2v) is 4.23. The monoisotopic (exact) mass is 244 g/mol. The summed E-state index contributed by atoms with van der Waals surface area (Å²) in [5.74, 6) is -1.07. The molecular formula is C11H20N2O4. The second-order valence-electron chi connectivity index (χ2n) is 4.23. The molecule has 1 saturated heterocycles. The van der Waals surface area contributed by atoms with Gasteiger partial charge in [-0.15, -0.1) is 0 Å². The van der Waals surface area contributed by atoms with Crippen molar-refractivity contribution in [1.82, 2.24) is 4.90 Å². The Morgan fingerprint density at radius 1 is 1.41 bits per heavy atom. The van der Waals surface area contributed by atoms with Crippen molar-refractivity contribution in [2.45, 2.75) is 39.0 Å². The molecule has 1 aliphatic rings. The summed E-state index contributed by atoms with van der Waals surface area (Å²) in [6.07, 6.45) is -0.0887. The standard InChI is InChI=1S/C11H20N2O4/c1-4-16-11(15)9(12)10(14)13-5-7(2)17-8(3)6-13/h7-9H,4-6,12H2,1-3H3. The Morgan fingerprint density at radius 3 is 2.41 bits per heavy atom. The van der Waals surface area contributed by atoms with Crippen LogP contribution in [0, 0.1) is 0 Å². The zero-order valence-corrected chi connectivity index (χ0v) is 10.5. The van der Waals surface area contributed by atoms with E-state index in [0.29, 0.717) is 13.1 Å². The minimum Gasteiger partial charge on any atom is -0.464 e. The number of hydrogen-bond acceptors (Lipinski definition) is 5. The lowest BCUT2D eigenvalue weighted by molar-refractivity contribution is -0.155. The quantitative estimate of drug-likeness (QED) is 0.535. The van der Waals surface area contributed by atoms with Gasteiger partial charge in [0.15, 0.2) is 6.04 Å². The van der Waals surface area contributed by atoms with Crippen LogP contribution in [-0.4, -0.2) is 54.7 Å². The number of ether oxygens (including phenoxy) is 2. The molecule has 0 aliphatic carbocycles. The Morgan fingerprint density at radius 2 is 1.94 bits per heavy atom. The van der Waals surface area contributed by atoms with E-state index in [4.69, 9.17) is 15.2 Å². The van der Waals surface area contributed by atoms with Crippen LogP contribution in [0.5, 0.6) is 0 Å². The van der Waals surface area contributed by atoms with Crippen molar-refractivity contribution in [3.05, 3.63) is 0 Å². The number of esters is 1. The van der Waals surface area contributed by atoms with Gasteiger partial charge in [-0.1, -0.05) is 0 Å². The van der Waals surface area contributed by atoms with Crippen molar-refractivity contribution < 1.29 is 19.1 Å². The van der Waals surface area contributed by atoms with Gasteiger partial charge in [0.2, 0.25) is 0 Å². The molecule has 3 atom stereocenters. The largest absolute Gasteiger partial charge is 0.464 e. The fourth-order valence-electron chi connectivity index (χ4n) is 1.89. The number of nitrogens with zero attached hydrogens (tertiary/aromatic N) is 1. The third-order valence-electron chi connectivity index (χ3n) is 2.54. The number of carbonyl (C=O) groups is 2. The summed E-state index contributed by atoms with van der Waals surface area (Å²) >= 11 is 0. The normalized spacial score (nSPS) is 26.5. The van der Waals surface area contributed by atoms with Crippen molar-refractivity contribution in [2.75, 3.05) is 19.7 Å². The Bertz CT molecular complexity index is 285. The first kappa shape index (κ1) is 13.9. The molecule has 0 spiro atoms. The van der Waals surface area contributed by atoms with Crippen LogP contribution in [0.4, 0.5) is 0 Å². The average Bonchev–Trinajstić information content (AvgIpc) is 2.26. The van der Waals surface area contributed by atoms with E-state index in [1.165, 1.54) is 0 Å². The summed E-state index contributed by atoms with van der Waals surface area (Å²) in [6, 6.07) is -1.23. The number of hydrogen-bond donors (Lipinski definition) is 1. The van der Waals surface area contributed by atoms with Gasteiger partial charge in [0.05, 0.1) is 18.8 Å². The van der Waals surface area contributed by atoms with Gasteiger partial charge in [-0.05, 0) is 20.8 Å². The molecule has 0 saturated carbocycles. The number of nitrogens with two attached hydrogens (primary N) is 1. The first-order valence-corrected chi connectivity index (χ1v) is 5.82. The van der Waals surface area contributed by atoms with E-state index < -0.39 is 17.9 Å². The molecule has 1 aliphatic heterocycles. The van der Waals surface area contributed by atoms with Crippen LogP contribution in [0.25, 0.3) is 0 Å². The maximum atomic E-state index is 12.0. The summed E-state index contributed by atoms with van der Waals surface area (Å²) < 4.78 is 10.2. The summed E-state index contributed by atoms with van der Waals surface area (Å²) in [5.41, 5.74) is 5.56. The van der Waals surface area contributed by atoms with Crippen molar-refractivity contribution in [3.63, 3.8) is 0 Å². The maximum absolute atomic E-state index is 12.0. The average molecular weight is 244 g/mol. The van der Waals surface area contributed by atoms with Gasteiger partial charge in [-0.25, -0.2) is 4.79 Å². The van der Waals surface area contributed by atoms with Crippen molar-refractivity contribution in [3.8, 4) is 0 Å². The van der Waals surface area contributed by atoms with Gasteiger partial charge in [-0.3, -0.25) is 4.79 Å². The number of morpholine rings is 1. The Labute approximate surface area is 101 Å². The van der Waals surface area contributed by atoms with Crippen LogP contribution >= 0.6 is 0 Å². The lowest BCUT2D eigenvalue weighted by atomic mass is 10.2. The van der Waals surface area contributed by atoms with Gasteiger partial charge in [0.25, 0.3) is 5.91 Å². The van der Waals surface area contributed by atoms with Crippen LogP contribution in [-0.2, 0) is 19.1 Å². The number of amides is 1. The van der Waals surface area contributed by atoms with Crippen molar-refractivity contribution in [1.29, 1.82) is 0 Å². The summed E-state index contributed by atoms with van der Waals surface area (Å²) in [4.78, 5) is 24.9. The summed E-state index contributed by atoms with van der Waals surface area (Å²) in [7, 11) is 0. The molecule has 1 amide bonds. The highest BCUT2D eigenvalue weighted by atomic mass is 16.5. The first-order chi connectivity index (χ1) is 7.95. The van der Waals surface area contributed by atoms with Crippen LogP contribution in [0.1, 0.15) is 20.8 Å². The Hall–Kier alpha value is -1.14. The zero-order valence-electron chi connectivity index (χ0n) is 10.5. The molecule has 0 radical (unpaired) electrons. The lowest BCUT2D eigenvalue weighted by Gasteiger charge is -2.36. The molecule has 0 aromatic heterocycles. The first-order valence-electron chi connectivity index (χ1n) is 5.82. The van der Waals surface area contributed by atoms with E-state index in [9.17, 15) is 9.59 Å². The zero-order chi connectivity index (χ0) is 13.0. The van der Waals surface area contributed by atoms with E-state index in [-0.39, 0.29) is 18.8 Å². The fourth-order valence-corrected chi connectivity index (χ4v) is 1.89. The van der Waals surface area contributed by atoms with E-state index in [1.807, 2.05) is 13.8 Å². The second kappa shape index (κ2) is 5.97. The van der Waals surface area contributed by atoms with Gasteiger partial charge >= 0.3 is 5.97 Å². The smallest absolute Gasteiger partial charge is 0.332 e. The molecule has 0 aromatic rings. The molecule has 0 aromatic carbocycles. The minimum absolute atomic E-state index is 0.0444. The highest BCUT2D eigenvalue weighted by molar-refractivity contribution is 6.01. The summed E-state index contributed by atoms with van der Waals surface area (Å²) in [6.45, 7) is 6.56. The topological polar surface area (TPSA) is 81.9 Å². The van der Waals surface area contributed by atoms with Crippen LogP contribution in [0.3, 0.4) is 0 Å². The highest BCUT2D eigenvalue weighted by Crippen LogP contribution is 2.11. The van der Waals surface area contributed by atoms with Crippen molar-refractivity contribution >= 4 is 11.9 Å². The third-order valence-corrected chi connectivity index (χ3v) is 2.54. The van der Waals surface area contributed by atoms with Gasteiger partial charge in [-0.2, -0.15) is 0 Å². The third kappa shape index (κ3) is 3.67. The molecule has 0 bridgehead atoms. The predicted octanol–water partition coefficient (Wildman–Crippen LogP) is -0.487. The highest BCUT2D eigenvalue weighted by Gasteiger charge is 2.32. The van der Waals surface area contributed by atoms with Gasteiger partial charge in [0, 0.05) is 13.1 Å². The summed E-state index contributed by atoms with van der Waals surface area (Å²) in [5, 5.41) is 0. The van der Waals surface area contributed by atoms with Crippen LogP contribution in [0.15, 0.2) is 0 Å². The molecule has 2 N–H and O–H groups in total. The van der Waals surface area contributed by atoms with Gasteiger partial charge in [0.1, 0.15) is 0 Å². The molecule has 98 valence electrons.